The number of benzene rings is 1. The molecule has 3 nitrogen and oxygen atoms in total. The molecule has 2 N–H and O–H groups in total. The number of nitrogens with zero attached hydrogens (tertiary/aromatic N) is 1. The van der Waals surface area contributed by atoms with Crippen LogP contribution in [0.25, 0.3) is 5.70 Å². The Morgan fingerprint density at radius 1 is 1.17 bits per heavy atom. The molecule has 0 fully saturated rings. The second-order valence-electron chi connectivity index (χ2n) is 6.22. The molecule has 0 aliphatic carbocycles. The molecule has 0 aromatic heterocycles. The third-order valence-electron chi connectivity index (χ3n) is 4.19. The smallest absolute Gasteiger partial charge is 0.123 e. The minimum Gasteiger partial charge on any atom is -0.386 e. The summed E-state index contributed by atoms with van der Waals surface area (Å²) in [5, 5.41) is 6.79. The number of allylic oxidation sites excluding steroid dienone is 7. The molecule has 0 saturated carbocycles. The van der Waals surface area contributed by atoms with Crippen molar-refractivity contribution in [2.24, 2.45) is 4.99 Å². The second kappa shape index (κ2) is 14.9. The van der Waals surface area contributed by atoms with Crippen LogP contribution in [-0.4, -0.2) is 19.8 Å². The average molecular weight is 394 g/mol. The average Bonchev–Trinajstić information content (AvgIpc) is 2.74. The van der Waals surface area contributed by atoms with Crippen LogP contribution < -0.4 is 10.6 Å². The first-order valence-corrected chi connectivity index (χ1v) is 9.80. The zero-order valence-corrected chi connectivity index (χ0v) is 17.5. The Bertz CT molecular complexity index is 781. The standard InChI is InChI=1S/C25H32FN3/c1-5-8-11-21(7-3)12-9-20-29-24(13-10-19-28-18-6-2)25(27-4)22-14-16-23(26)17-15-22/h5-8,10-11,14-19,27,29H,1-2,9,12-13,20H2,3-4H3/b11-8-,19-10-,21-7+,25-24-,28-18?. The van der Waals surface area contributed by atoms with E-state index in [1.54, 1.807) is 36.7 Å². The molecule has 0 saturated heterocycles. The van der Waals surface area contributed by atoms with Gasteiger partial charge in [-0.15, -0.1) is 0 Å². The number of nitrogens with one attached hydrogen (secondary N) is 2. The quantitative estimate of drug-likeness (QED) is 0.247. The van der Waals surface area contributed by atoms with E-state index in [-0.39, 0.29) is 5.82 Å². The normalized spacial score (nSPS) is 13.1. The van der Waals surface area contributed by atoms with Crippen LogP contribution in [0.5, 0.6) is 0 Å². The maximum atomic E-state index is 13.3. The van der Waals surface area contributed by atoms with Gasteiger partial charge in [0.15, 0.2) is 0 Å². The summed E-state index contributed by atoms with van der Waals surface area (Å²) in [5.74, 6) is -0.246. The topological polar surface area (TPSA) is 36.4 Å². The molecule has 154 valence electrons. The summed E-state index contributed by atoms with van der Waals surface area (Å²) < 4.78 is 13.3. The monoisotopic (exact) mass is 393 g/mol. The van der Waals surface area contributed by atoms with E-state index in [0.717, 1.165) is 36.3 Å². The number of halogens is 1. The Hall–Kier alpha value is -3.14. The van der Waals surface area contributed by atoms with Crippen LogP contribution in [0, 0.1) is 5.82 Å². The van der Waals surface area contributed by atoms with Gasteiger partial charge in [0.05, 0.1) is 5.70 Å². The molecule has 1 aromatic rings. The molecule has 0 bridgehead atoms. The molecule has 29 heavy (non-hydrogen) atoms. The van der Waals surface area contributed by atoms with Gasteiger partial charge < -0.3 is 10.6 Å². The van der Waals surface area contributed by atoms with Crippen LogP contribution in [0.1, 0.15) is 31.7 Å². The molecule has 0 radical (unpaired) electrons. The van der Waals surface area contributed by atoms with Gasteiger partial charge in [0.25, 0.3) is 0 Å². The molecule has 0 atom stereocenters. The highest BCUT2D eigenvalue weighted by molar-refractivity contribution is 5.70. The Morgan fingerprint density at radius 3 is 2.55 bits per heavy atom. The van der Waals surface area contributed by atoms with E-state index in [9.17, 15) is 4.39 Å². The molecular weight excluding hydrogens is 361 g/mol. The first-order chi connectivity index (χ1) is 14.2. The summed E-state index contributed by atoms with van der Waals surface area (Å²) in [5.41, 5.74) is 4.19. The molecule has 0 aliphatic rings. The molecule has 4 heteroatoms. The van der Waals surface area contributed by atoms with E-state index < -0.39 is 0 Å². The van der Waals surface area contributed by atoms with E-state index in [4.69, 9.17) is 0 Å². The molecular formula is C25H32FN3. The molecule has 1 rings (SSSR count). The second-order valence-corrected chi connectivity index (χ2v) is 6.22. The largest absolute Gasteiger partial charge is 0.386 e. The highest BCUT2D eigenvalue weighted by Gasteiger charge is 2.07. The molecule has 0 amide bonds. The van der Waals surface area contributed by atoms with E-state index in [1.165, 1.54) is 17.7 Å². The van der Waals surface area contributed by atoms with Crippen molar-refractivity contribution in [1.82, 2.24) is 10.6 Å². The van der Waals surface area contributed by atoms with Gasteiger partial charge in [-0.2, -0.15) is 0 Å². The third kappa shape index (κ3) is 9.56. The fourth-order valence-corrected chi connectivity index (χ4v) is 2.74. The summed E-state index contributed by atoms with van der Waals surface area (Å²) in [6.45, 7) is 10.2. The number of rotatable bonds is 13. The Kier molecular flexibility index (Phi) is 12.2. The predicted octanol–water partition coefficient (Wildman–Crippen LogP) is 5.93. The van der Waals surface area contributed by atoms with Gasteiger partial charge in [-0.05, 0) is 49.6 Å². The molecule has 0 heterocycles. The fourth-order valence-electron chi connectivity index (χ4n) is 2.74. The van der Waals surface area contributed by atoms with E-state index in [2.05, 4.69) is 40.9 Å². The van der Waals surface area contributed by atoms with Crippen molar-refractivity contribution in [2.45, 2.75) is 26.2 Å². The first-order valence-electron chi connectivity index (χ1n) is 9.80. The first kappa shape index (κ1) is 23.9. The maximum Gasteiger partial charge on any atom is 0.123 e. The summed E-state index contributed by atoms with van der Waals surface area (Å²) in [6, 6.07) is 6.50. The van der Waals surface area contributed by atoms with Crippen molar-refractivity contribution in [3.63, 3.8) is 0 Å². The molecule has 0 unspecified atom stereocenters. The molecule has 0 aliphatic heterocycles. The van der Waals surface area contributed by atoms with Crippen molar-refractivity contribution in [1.29, 1.82) is 0 Å². The molecule has 1 aromatic carbocycles. The van der Waals surface area contributed by atoms with Crippen LogP contribution in [0.2, 0.25) is 0 Å². The van der Waals surface area contributed by atoms with Crippen molar-refractivity contribution in [3.8, 4) is 0 Å². The summed E-state index contributed by atoms with van der Waals surface area (Å²) in [7, 11) is 1.87. The van der Waals surface area contributed by atoms with Crippen molar-refractivity contribution >= 4 is 11.9 Å². The number of hydrogen-bond acceptors (Lipinski definition) is 3. The lowest BCUT2D eigenvalue weighted by atomic mass is 10.1. The Balaban J connectivity index is 2.91. The zero-order chi connectivity index (χ0) is 21.3. The summed E-state index contributed by atoms with van der Waals surface area (Å²) >= 11 is 0. The van der Waals surface area contributed by atoms with E-state index in [0.29, 0.717) is 6.42 Å². The van der Waals surface area contributed by atoms with Crippen LogP contribution in [-0.2, 0) is 0 Å². The summed E-state index contributed by atoms with van der Waals surface area (Å²) in [6.07, 6.45) is 17.6. The third-order valence-corrected chi connectivity index (χ3v) is 4.19. The van der Waals surface area contributed by atoms with Gasteiger partial charge in [-0.1, -0.05) is 55.2 Å². The maximum absolute atomic E-state index is 13.3. The van der Waals surface area contributed by atoms with Gasteiger partial charge in [0, 0.05) is 38.1 Å². The summed E-state index contributed by atoms with van der Waals surface area (Å²) in [4.78, 5) is 4.12. The lowest BCUT2D eigenvalue weighted by Crippen LogP contribution is -2.20. The van der Waals surface area contributed by atoms with Crippen LogP contribution in [0.15, 0.2) is 96.3 Å². The SMILES string of the molecule is C=CC=N/C=C\C/C(NCCCC(/C=C\C=C)=C/C)=C(/NC)c1ccc(F)cc1. The lowest BCUT2D eigenvalue weighted by molar-refractivity contribution is 0.627. The minimum atomic E-state index is -0.246. The van der Waals surface area contributed by atoms with E-state index >= 15 is 0 Å². The van der Waals surface area contributed by atoms with Crippen molar-refractivity contribution in [2.75, 3.05) is 13.6 Å². The Labute approximate surface area is 174 Å². The number of aliphatic imine (C=N–C) groups is 1. The van der Waals surface area contributed by atoms with Gasteiger partial charge in [-0.25, -0.2) is 4.39 Å². The molecule has 0 spiro atoms. The van der Waals surface area contributed by atoms with Gasteiger partial charge in [0.1, 0.15) is 5.82 Å². The van der Waals surface area contributed by atoms with Crippen LogP contribution in [0.3, 0.4) is 0 Å². The van der Waals surface area contributed by atoms with Crippen LogP contribution in [0.4, 0.5) is 4.39 Å². The van der Waals surface area contributed by atoms with Gasteiger partial charge in [0.2, 0.25) is 0 Å². The Morgan fingerprint density at radius 2 is 1.93 bits per heavy atom. The lowest BCUT2D eigenvalue weighted by Gasteiger charge is -2.17. The minimum absolute atomic E-state index is 0.246. The fraction of sp³-hybridized carbons (Fsp3) is 0.240. The zero-order valence-electron chi connectivity index (χ0n) is 17.5. The van der Waals surface area contributed by atoms with Gasteiger partial charge in [-0.3, -0.25) is 4.99 Å². The highest BCUT2D eigenvalue weighted by Crippen LogP contribution is 2.18. The number of hydrogen-bond donors (Lipinski definition) is 2. The van der Waals surface area contributed by atoms with Crippen LogP contribution >= 0.6 is 0 Å². The van der Waals surface area contributed by atoms with Crippen molar-refractivity contribution in [3.05, 3.63) is 103 Å². The van der Waals surface area contributed by atoms with E-state index in [1.807, 2.05) is 26.1 Å². The predicted molar refractivity (Wildman–Crippen MR) is 125 cm³/mol. The highest BCUT2D eigenvalue weighted by atomic mass is 19.1. The van der Waals surface area contributed by atoms with Crippen molar-refractivity contribution < 1.29 is 4.39 Å². The van der Waals surface area contributed by atoms with Gasteiger partial charge >= 0.3 is 0 Å².